The van der Waals surface area contributed by atoms with E-state index in [9.17, 15) is 0 Å². The molecule has 0 N–H and O–H groups in total. The summed E-state index contributed by atoms with van der Waals surface area (Å²) in [5.41, 5.74) is 5.04. The summed E-state index contributed by atoms with van der Waals surface area (Å²) in [5, 5.41) is 4.48. The third-order valence-corrected chi connectivity index (χ3v) is 7.43. The molecule has 138 valence electrons. The fourth-order valence-corrected chi connectivity index (χ4v) is 5.02. The van der Waals surface area contributed by atoms with Gasteiger partial charge in [-0.15, -0.1) is 22.7 Å². The average molecular weight is 622 g/mol. The lowest BCUT2D eigenvalue weighted by molar-refractivity contribution is 1.61. The quantitative estimate of drug-likeness (QED) is 0.195. The van der Waals surface area contributed by atoms with E-state index >= 15 is 0 Å². The Balaban J connectivity index is 1.45. The molecule has 0 aliphatic heterocycles. The number of hydrogen-bond donors (Lipinski definition) is 0. The fourth-order valence-electron chi connectivity index (χ4n) is 2.69. The lowest BCUT2D eigenvalue weighted by Crippen LogP contribution is -1.72. The highest BCUT2D eigenvalue weighted by atomic mass is 127. The summed E-state index contributed by atoms with van der Waals surface area (Å²) < 4.78 is 2.52. The smallest absolute Gasteiger partial charge is 0.0276 e. The second-order valence-electron chi connectivity index (χ2n) is 6.25. The van der Waals surface area contributed by atoms with Crippen molar-refractivity contribution in [2.45, 2.75) is 0 Å². The van der Waals surface area contributed by atoms with Gasteiger partial charge >= 0.3 is 0 Å². The van der Waals surface area contributed by atoms with Crippen LogP contribution in [0.1, 0.15) is 20.9 Å². The highest BCUT2D eigenvalue weighted by Gasteiger charge is 2.04. The van der Waals surface area contributed by atoms with Gasteiger partial charge in [-0.05, 0) is 127 Å². The molecule has 0 aliphatic rings. The third kappa shape index (κ3) is 5.43. The van der Waals surface area contributed by atoms with Crippen LogP contribution in [0.2, 0.25) is 0 Å². The van der Waals surface area contributed by atoms with Gasteiger partial charge in [0.2, 0.25) is 0 Å². The Morgan fingerprint density at radius 1 is 0.536 bits per heavy atom. The molecule has 4 aromatic rings. The Morgan fingerprint density at radius 2 is 0.929 bits per heavy atom. The van der Waals surface area contributed by atoms with Gasteiger partial charge in [0.05, 0.1) is 0 Å². The first-order valence-corrected chi connectivity index (χ1v) is 12.6. The summed E-state index contributed by atoms with van der Waals surface area (Å²) in [6, 6.07) is 21.7. The van der Waals surface area contributed by atoms with Crippen molar-refractivity contribution >= 4 is 92.2 Å². The second-order valence-corrected chi connectivity index (χ2v) is 10.6. The Kier molecular flexibility index (Phi) is 6.82. The minimum atomic E-state index is 1.23. The maximum atomic E-state index is 2.33. The molecular formula is C24H16I2S2. The van der Waals surface area contributed by atoms with Crippen LogP contribution >= 0.6 is 67.9 Å². The molecule has 0 atom stereocenters. The SMILES string of the molecule is Ic1ccc(C=Cc2cc(-c3csc(C=Cc4ccc(I)cc4)c3)cs2)cc1. The van der Waals surface area contributed by atoms with Gasteiger partial charge in [0.15, 0.2) is 0 Å². The van der Waals surface area contributed by atoms with Crippen LogP contribution in [-0.2, 0) is 0 Å². The van der Waals surface area contributed by atoms with Crippen molar-refractivity contribution < 1.29 is 0 Å². The first-order chi connectivity index (χ1) is 13.7. The van der Waals surface area contributed by atoms with Crippen molar-refractivity contribution in [3.8, 4) is 11.1 Å². The summed E-state index contributed by atoms with van der Waals surface area (Å²) in [7, 11) is 0. The monoisotopic (exact) mass is 622 g/mol. The molecule has 0 nitrogen and oxygen atoms in total. The first kappa shape index (κ1) is 20.1. The molecule has 0 spiro atoms. The van der Waals surface area contributed by atoms with Crippen LogP contribution < -0.4 is 0 Å². The van der Waals surface area contributed by atoms with E-state index in [1.165, 1.54) is 39.1 Å². The topological polar surface area (TPSA) is 0 Å². The zero-order valence-corrected chi connectivity index (χ0v) is 20.8. The van der Waals surface area contributed by atoms with Crippen LogP contribution in [0, 0.1) is 7.14 Å². The van der Waals surface area contributed by atoms with Crippen LogP contribution in [-0.4, -0.2) is 0 Å². The van der Waals surface area contributed by atoms with Gasteiger partial charge in [-0.25, -0.2) is 0 Å². The molecule has 0 bridgehead atoms. The molecule has 0 amide bonds. The number of thiophene rings is 2. The summed E-state index contributed by atoms with van der Waals surface area (Å²) in [4.78, 5) is 2.55. The molecule has 0 fully saturated rings. The predicted octanol–water partition coefficient (Wildman–Crippen LogP) is 9.03. The highest BCUT2D eigenvalue weighted by Crippen LogP contribution is 2.31. The standard InChI is InChI=1S/C24H16I2S2/c25-21-7-1-17(2-8-21)5-11-23-13-19(15-27-23)20-14-24(28-16-20)12-6-18-3-9-22(26)10-4-18/h1-16H. The molecule has 0 saturated carbocycles. The van der Waals surface area contributed by atoms with E-state index in [1.54, 1.807) is 22.7 Å². The van der Waals surface area contributed by atoms with E-state index in [-0.39, 0.29) is 0 Å². The van der Waals surface area contributed by atoms with Gasteiger partial charge in [-0.3, -0.25) is 0 Å². The van der Waals surface area contributed by atoms with Crippen molar-refractivity contribution in [1.29, 1.82) is 0 Å². The minimum Gasteiger partial charge on any atom is -0.144 e. The Morgan fingerprint density at radius 3 is 1.32 bits per heavy atom. The normalized spacial score (nSPS) is 11.6. The van der Waals surface area contributed by atoms with Crippen molar-refractivity contribution in [3.05, 3.63) is 99.4 Å². The van der Waals surface area contributed by atoms with Gasteiger partial charge in [0, 0.05) is 16.9 Å². The van der Waals surface area contributed by atoms with Crippen molar-refractivity contribution in [2.75, 3.05) is 0 Å². The Bertz CT molecular complexity index is 1020. The molecule has 2 heterocycles. The molecule has 0 unspecified atom stereocenters. The summed E-state index contributed by atoms with van der Waals surface area (Å²) in [6.07, 6.45) is 8.74. The number of halogens is 2. The molecule has 4 heteroatoms. The largest absolute Gasteiger partial charge is 0.144 e. The van der Waals surface area contributed by atoms with Gasteiger partial charge in [0.25, 0.3) is 0 Å². The predicted molar refractivity (Wildman–Crippen MR) is 144 cm³/mol. The van der Waals surface area contributed by atoms with Gasteiger partial charge < -0.3 is 0 Å². The molecular weight excluding hydrogens is 606 g/mol. The Labute approximate surface area is 200 Å². The zero-order valence-electron chi connectivity index (χ0n) is 14.8. The van der Waals surface area contributed by atoms with Crippen molar-refractivity contribution in [3.63, 3.8) is 0 Å². The van der Waals surface area contributed by atoms with Crippen molar-refractivity contribution in [1.82, 2.24) is 0 Å². The molecule has 2 aromatic heterocycles. The maximum absolute atomic E-state index is 2.33. The van der Waals surface area contributed by atoms with E-state index in [4.69, 9.17) is 0 Å². The van der Waals surface area contributed by atoms with E-state index in [0.29, 0.717) is 0 Å². The Hall–Kier alpha value is -1.22. The van der Waals surface area contributed by atoms with Gasteiger partial charge in [-0.1, -0.05) is 36.4 Å². The maximum Gasteiger partial charge on any atom is 0.0276 e. The zero-order chi connectivity index (χ0) is 19.3. The lowest BCUT2D eigenvalue weighted by atomic mass is 10.1. The number of hydrogen-bond acceptors (Lipinski definition) is 2. The minimum absolute atomic E-state index is 1.23. The molecule has 2 aromatic carbocycles. The number of benzene rings is 2. The lowest BCUT2D eigenvalue weighted by Gasteiger charge is -1.93. The van der Waals surface area contributed by atoms with Crippen molar-refractivity contribution in [2.24, 2.45) is 0 Å². The molecule has 0 radical (unpaired) electrons. The summed E-state index contributed by atoms with van der Waals surface area (Å²) >= 11 is 8.23. The molecule has 4 rings (SSSR count). The molecule has 0 saturated heterocycles. The molecule has 28 heavy (non-hydrogen) atoms. The van der Waals surface area contributed by atoms with Crippen LogP contribution in [0.3, 0.4) is 0 Å². The van der Waals surface area contributed by atoms with Crippen LogP contribution in [0.25, 0.3) is 35.4 Å². The highest BCUT2D eigenvalue weighted by molar-refractivity contribution is 14.1. The van der Waals surface area contributed by atoms with E-state index in [2.05, 4.69) is 141 Å². The van der Waals surface area contributed by atoms with Crippen LogP contribution in [0.4, 0.5) is 0 Å². The fraction of sp³-hybridized carbons (Fsp3) is 0. The van der Waals surface area contributed by atoms with E-state index in [1.807, 2.05) is 0 Å². The van der Waals surface area contributed by atoms with E-state index < -0.39 is 0 Å². The average Bonchev–Trinajstić information content (AvgIpc) is 3.36. The van der Waals surface area contributed by atoms with E-state index in [0.717, 1.165) is 0 Å². The summed E-state index contributed by atoms with van der Waals surface area (Å²) in [5.74, 6) is 0. The second kappa shape index (κ2) is 9.52. The van der Waals surface area contributed by atoms with Crippen LogP contribution in [0.5, 0.6) is 0 Å². The van der Waals surface area contributed by atoms with Crippen LogP contribution in [0.15, 0.2) is 71.4 Å². The van der Waals surface area contributed by atoms with Gasteiger partial charge in [0.1, 0.15) is 0 Å². The first-order valence-electron chi connectivity index (χ1n) is 8.70. The molecule has 0 aliphatic carbocycles. The third-order valence-electron chi connectivity index (χ3n) is 4.19. The van der Waals surface area contributed by atoms with Gasteiger partial charge in [-0.2, -0.15) is 0 Å². The summed E-state index contributed by atoms with van der Waals surface area (Å²) in [6.45, 7) is 0. The number of rotatable bonds is 5.